The molecule has 2 aromatic rings. The zero-order valence-electron chi connectivity index (χ0n) is 12.4. The Morgan fingerprint density at radius 3 is 2.50 bits per heavy atom. The maximum atomic E-state index is 11.9. The molecule has 0 aliphatic rings. The van der Waals surface area contributed by atoms with E-state index in [1.54, 1.807) is 0 Å². The van der Waals surface area contributed by atoms with Gasteiger partial charge in [0.15, 0.2) is 0 Å². The van der Waals surface area contributed by atoms with Crippen molar-refractivity contribution in [2.45, 2.75) is 34.6 Å². The molecule has 0 aliphatic carbocycles. The van der Waals surface area contributed by atoms with E-state index in [1.807, 2.05) is 52.8 Å². The summed E-state index contributed by atoms with van der Waals surface area (Å²) in [5.74, 6) is 0.250. The maximum absolute atomic E-state index is 11.9. The van der Waals surface area contributed by atoms with Gasteiger partial charge in [0, 0.05) is 11.0 Å². The van der Waals surface area contributed by atoms with E-state index in [1.165, 1.54) is 5.56 Å². The Kier molecular flexibility index (Phi) is 3.61. The van der Waals surface area contributed by atoms with E-state index >= 15 is 0 Å². The number of amides is 1. The molecule has 0 unspecified atom stereocenters. The molecular weight excluding hydrogens is 254 g/mol. The standard InChI is InChI=1S/C15H19N3O2/c1-9-6-7-11(10(2)8-9)12-17-18-14(20-12)16-13(19)15(3,4)5/h6-8H,1-5H3,(H,16,18,19). The van der Waals surface area contributed by atoms with Crippen LogP contribution in [-0.2, 0) is 4.79 Å². The van der Waals surface area contributed by atoms with Crippen molar-refractivity contribution in [3.8, 4) is 11.5 Å². The molecule has 0 saturated carbocycles. The quantitative estimate of drug-likeness (QED) is 0.911. The minimum atomic E-state index is -0.506. The number of carbonyl (C=O) groups is 1. The first kappa shape index (κ1) is 14.2. The molecule has 0 aliphatic heterocycles. The number of hydrogen-bond donors (Lipinski definition) is 1. The van der Waals surface area contributed by atoms with Gasteiger partial charge in [-0.05, 0) is 25.5 Å². The molecule has 0 saturated heterocycles. The van der Waals surface area contributed by atoms with Crippen LogP contribution < -0.4 is 5.32 Å². The molecule has 0 spiro atoms. The predicted octanol–water partition coefficient (Wildman–Crippen LogP) is 3.34. The van der Waals surface area contributed by atoms with Crippen LogP contribution in [0.25, 0.3) is 11.5 Å². The molecule has 106 valence electrons. The van der Waals surface area contributed by atoms with E-state index in [9.17, 15) is 4.79 Å². The summed E-state index contributed by atoms with van der Waals surface area (Å²) in [5.41, 5.74) is 2.60. The van der Waals surface area contributed by atoms with Gasteiger partial charge in [-0.3, -0.25) is 10.1 Å². The fourth-order valence-electron chi connectivity index (χ4n) is 1.72. The topological polar surface area (TPSA) is 68.0 Å². The Bertz CT molecular complexity index is 639. The number of nitrogens with zero attached hydrogens (tertiary/aromatic N) is 2. The highest BCUT2D eigenvalue weighted by molar-refractivity contribution is 5.92. The Labute approximate surface area is 118 Å². The van der Waals surface area contributed by atoms with Crippen LogP contribution in [0, 0.1) is 19.3 Å². The van der Waals surface area contributed by atoms with Crippen molar-refractivity contribution >= 4 is 11.9 Å². The molecular formula is C15H19N3O2. The van der Waals surface area contributed by atoms with Gasteiger partial charge in [-0.15, -0.1) is 5.10 Å². The molecule has 5 heteroatoms. The third-order valence-electron chi connectivity index (χ3n) is 2.94. The van der Waals surface area contributed by atoms with Gasteiger partial charge in [0.05, 0.1) is 0 Å². The summed E-state index contributed by atoms with van der Waals surface area (Å²) in [5, 5.41) is 10.5. The van der Waals surface area contributed by atoms with Crippen LogP contribution in [0.3, 0.4) is 0 Å². The smallest absolute Gasteiger partial charge is 0.322 e. The average Bonchev–Trinajstić information content (AvgIpc) is 2.76. The van der Waals surface area contributed by atoms with Crippen LogP contribution in [-0.4, -0.2) is 16.1 Å². The van der Waals surface area contributed by atoms with Crippen molar-refractivity contribution in [1.82, 2.24) is 10.2 Å². The SMILES string of the molecule is Cc1ccc(-c2nnc(NC(=O)C(C)(C)C)o2)c(C)c1. The molecule has 1 aromatic carbocycles. The molecule has 1 N–H and O–H groups in total. The molecule has 0 fully saturated rings. The van der Waals surface area contributed by atoms with E-state index in [2.05, 4.69) is 15.5 Å². The first-order valence-corrected chi connectivity index (χ1v) is 6.50. The van der Waals surface area contributed by atoms with Gasteiger partial charge < -0.3 is 4.42 Å². The largest absolute Gasteiger partial charge is 0.403 e. The average molecular weight is 273 g/mol. The molecule has 5 nitrogen and oxygen atoms in total. The zero-order valence-corrected chi connectivity index (χ0v) is 12.4. The van der Waals surface area contributed by atoms with Crippen LogP contribution in [0.15, 0.2) is 22.6 Å². The van der Waals surface area contributed by atoms with Crippen molar-refractivity contribution in [2.24, 2.45) is 5.41 Å². The highest BCUT2D eigenvalue weighted by Gasteiger charge is 2.23. The second-order valence-corrected chi connectivity index (χ2v) is 5.93. The number of rotatable bonds is 2. The lowest BCUT2D eigenvalue weighted by molar-refractivity contribution is -0.123. The third-order valence-corrected chi connectivity index (χ3v) is 2.94. The number of anilines is 1. The van der Waals surface area contributed by atoms with E-state index in [0.29, 0.717) is 5.89 Å². The second-order valence-electron chi connectivity index (χ2n) is 5.93. The molecule has 0 radical (unpaired) electrons. The third kappa shape index (κ3) is 3.04. The molecule has 2 rings (SSSR count). The summed E-state index contributed by atoms with van der Waals surface area (Å²) in [6, 6.07) is 6.10. The lowest BCUT2D eigenvalue weighted by Crippen LogP contribution is -2.27. The number of aryl methyl sites for hydroxylation is 2. The minimum Gasteiger partial charge on any atom is -0.403 e. The van der Waals surface area contributed by atoms with Crippen molar-refractivity contribution < 1.29 is 9.21 Å². The molecule has 20 heavy (non-hydrogen) atoms. The zero-order chi connectivity index (χ0) is 14.9. The highest BCUT2D eigenvalue weighted by Crippen LogP contribution is 2.25. The Hall–Kier alpha value is -2.17. The van der Waals surface area contributed by atoms with Crippen LogP contribution in [0.4, 0.5) is 6.01 Å². The second kappa shape index (κ2) is 5.07. The molecule has 1 amide bonds. The summed E-state index contributed by atoms with van der Waals surface area (Å²) >= 11 is 0. The number of nitrogens with one attached hydrogen (secondary N) is 1. The van der Waals surface area contributed by atoms with Gasteiger partial charge in [-0.1, -0.05) is 43.6 Å². The van der Waals surface area contributed by atoms with Gasteiger partial charge in [0.2, 0.25) is 11.8 Å². The van der Waals surface area contributed by atoms with Crippen molar-refractivity contribution in [3.05, 3.63) is 29.3 Å². The molecule has 0 bridgehead atoms. The summed E-state index contributed by atoms with van der Waals surface area (Å²) in [7, 11) is 0. The van der Waals surface area contributed by atoms with Gasteiger partial charge in [0.25, 0.3) is 0 Å². The molecule has 0 atom stereocenters. The monoisotopic (exact) mass is 273 g/mol. The van der Waals surface area contributed by atoms with E-state index in [0.717, 1.165) is 11.1 Å². The van der Waals surface area contributed by atoms with E-state index < -0.39 is 5.41 Å². The fraction of sp³-hybridized carbons (Fsp3) is 0.400. The highest BCUT2D eigenvalue weighted by atomic mass is 16.4. The lowest BCUT2D eigenvalue weighted by Gasteiger charge is -2.15. The fourth-order valence-corrected chi connectivity index (χ4v) is 1.72. The van der Waals surface area contributed by atoms with Crippen LogP contribution >= 0.6 is 0 Å². The van der Waals surface area contributed by atoms with Gasteiger partial charge in [-0.2, -0.15) is 0 Å². The first-order valence-electron chi connectivity index (χ1n) is 6.50. The van der Waals surface area contributed by atoms with Gasteiger partial charge >= 0.3 is 6.01 Å². The number of hydrogen-bond acceptors (Lipinski definition) is 4. The van der Waals surface area contributed by atoms with E-state index in [4.69, 9.17) is 4.42 Å². The Morgan fingerprint density at radius 2 is 1.90 bits per heavy atom. The number of carbonyl (C=O) groups excluding carboxylic acids is 1. The molecule has 1 aromatic heterocycles. The van der Waals surface area contributed by atoms with Gasteiger partial charge in [-0.25, -0.2) is 0 Å². The Morgan fingerprint density at radius 1 is 1.20 bits per heavy atom. The lowest BCUT2D eigenvalue weighted by atomic mass is 9.96. The number of benzene rings is 1. The van der Waals surface area contributed by atoms with Crippen molar-refractivity contribution in [3.63, 3.8) is 0 Å². The van der Waals surface area contributed by atoms with Crippen LogP contribution in [0.5, 0.6) is 0 Å². The van der Waals surface area contributed by atoms with Crippen molar-refractivity contribution in [1.29, 1.82) is 0 Å². The Balaban J connectivity index is 2.23. The van der Waals surface area contributed by atoms with Gasteiger partial charge in [0.1, 0.15) is 0 Å². The summed E-state index contributed by atoms with van der Waals surface area (Å²) in [6.45, 7) is 9.48. The summed E-state index contributed by atoms with van der Waals surface area (Å²) in [6.07, 6.45) is 0. The minimum absolute atomic E-state index is 0.125. The first-order chi connectivity index (χ1) is 9.27. The van der Waals surface area contributed by atoms with Crippen LogP contribution in [0.2, 0.25) is 0 Å². The normalized spacial score (nSPS) is 11.4. The van der Waals surface area contributed by atoms with Crippen LogP contribution in [0.1, 0.15) is 31.9 Å². The maximum Gasteiger partial charge on any atom is 0.322 e. The molecule has 1 heterocycles. The summed E-state index contributed by atoms with van der Waals surface area (Å²) in [4.78, 5) is 11.9. The van der Waals surface area contributed by atoms with E-state index in [-0.39, 0.29) is 11.9 Å². The predicted molar refractivity (Wildman–Crippen MR) is 77.3 cm³/mol. The summed E-state index contributed by atoms with van der Waals surface area (Å²) < 4.78 is 5.50. The van der Waals surface area contributed by atoms with Crippen molar-refractivity contribution in [2.75, 3.05) is 5.32 Å². The number of aromatic nitrogens is 2.